The van der Waals surface area contributed by atoms with Gasteiger partial charge >= 0.3 is 0 Å². The van der Waals surface area contributed by atoms with Crippen molar-refractivity contribution in [2.45, 2.75) is 138 Å². The third-order valence-corrected chi connectivity index (χ3v) is 14.0. The van der Waals surface area contributed by atoms with Gasteiger partial charge in [0.2, 0.25) is 0 Å². The smallest absolute Gasteiger partial charge is 0.296 e. The fraction of sp³-hybridized carbons (Fsp3) is 0.490. The Morgan fingerprint density at radius 3 is 0.984 bits per heavy atom. The zero-order chi connectivity index (χ0) is 46.0. The summed E-state index contributed by atoms with van der Waals surface area (Å²) in [6.45, 7) is 7.32. The molecule has 0 unspecified atom stereocenters. The first-order valence-electron chi connectivity index (χ1n) is 22.1. The van der Waals surface area contributed by atoms with Crippen molar-refractivity contribution in [1.82, 2.24) is 0 Å². The van der Waals surface area contributed by atoms with Crippen molar-refractivity contribution in [3.8, 4) is 11.5 Å². The minimum atomic E-state index is -3.68. The normalized spacial score (nSPS) is 11.7. The van der Waals surface area contributed by atoms with Gasteiger partial charge in [0.15, 0.2) is 9.84 Å². The maximum Gasteiger partial charge on any atom is 0.296 e. The fourth-order valence-electron chi connectivity index (χ4n) is 6.41. The van der Waals surface area contributed by atoms with Crippen LogP contribution in [-0.2, 0) is 38.4 Å². The molecule has 0 spiro atoms. The number of carbonyl (C=O) groups is 1. The molecule has 0 aromatic heterocycles. The molecule has 4 rings (SSSR count). The second kappa shape index (κ2) is 28.7. The maximum absolute atomic E-state index is 12.2. The number of carbonyl (C=O) groups excluding carboxylic acids is 1. The summed E-state index contributed by atoms with van der Waals surface area (Å²) in [6.07, 6.45) is 18.1. The van der Waals surface area contributed by atoms with Crippen LogP contribution in [0.15, 0.2) is 106 Å². The van der Waals surface area contributed by atoms with E-state index in [1.165, 1.54) is 6.26 Å². The van der Waals surface area contributed by atoms with Crippen molar-refractivity contribution in [1.29, 1.82) is 0 Å². The van der Waals surface area contributed by atoms with Gasteiger partial charge in [-0.3, -0.25) is 13.2 Å². The van der Waals surface area contributed by atoms with Gasteiger partial charge in [-0.05, 0) is 95.0 Å². The molecular weight excluding hydrogens is 861 g/mol. The molecule has 0 atom stereocenters. The Morgan fingerprint density at radius 2 is 0.683 bits per heavy atom. The molecule has 14 heteroatoms. The predicted molar refractivity (Wildman–Crippen MR) is 250 cm³/mol. The molecule has 0 aliphatic rings. The molecular formula is C49H68O11S3. The van der Waals surface area contributed by atoms with Gasteiger partial charge in [0.1, 0.15) is 17.8 Å². The van der Waals surface area contributed by atoms with Gasteiger partial charge in [-0.2, -0.15) is 16.8 Å². The zero-order valence-corrected chi connectivity index (χ0v) is 40.0. The topological polar surface area (TPSA) is 156 Å². The van der Waals surface area contributed by atoms with Gasteiger partial charge in [-0.1, -0.05) is 130 Å². The molecule has 0 heterocycles. The van der Waals surface area contributed by atoms with E-state index in [1.807, 2.05) is 26.8 Å². The Morgan fingerprint density at radius 1 is 0.397 bits per heavy atom. The Balaban J connectivity index is 0.000000832. The summed E-state index contributed by atoms with van der Waals surface area (Å²) in [5.74, 6) is 1.29. The highest BCUT2D eigenvalue weighted by Gasteiger charge is 2.15. The quantitative estimate of drug-likeness (QED) is 0.0278. The molecule has 0 amide bonds. The average molecular weight is 929 g/mol. The molecule has 63 heavy (non-hydrogen) atoms. The van der Waals surface area contributed by atoms with Crippen LogP contribution in [0.1, 0.15) is 130 Å². The number of ether oxygens (including phenoxy) is 2. The molecule has 0 fully saturated rings. The van der Waals surface area contributed by atoms with E-state index in [9.17, 15) is 30.0 Å². The number of unbranched alkanes of at least 4 members (excludes halogenated alkanes) is 14. The zero-order valence-electron chi connectivity index (χ0n) is 37.6. The van der Waals surface area contributed by atoms with E-state index in [0.717, 1.165) is 126 Å². The van der Waals surface area contributed by atoms with E-state index in [1.54, 1.807) is 84.9 Å². The average Bonchev–Trinajstić information content (AvgIpc) is 3.24. The second-order valence-corrected chi connectivity index (χ2v) is 21.2. The van der Waals surface area contributed by atoms with Crippen LogP contribution in [0.4, 0.5) is 0 Å². The monoisotopic (exact) mass is 928 g/mol. The van der Waals surface area contributed by atoms with Crippen molar-refractivity contribution in [2.24, 2.45) is 0 Å². The Kier molecular flexibility index (Phi) is 24.2. The number of rotatable bonds is 30. The second-order valence-electron chi connectivity index (χ2n) is 16.0. The van der Waals surface area contributed by atoms with E-state index in [-0.39, 0.29) is 23.0 Å². The molecule has 0 saturated heterocycles. The van der Waals surface area contributed by atoms with E-state index in [2.05, 4.69) is 0 Å². The molecule has 0 saturated carbocycles. The van der Waals surface area contributed by atoms with E-state index >= 15 is 0 Å². The van der Waals surface area contributed by atoms with Gasteiger partial charge in [0.05, 0.1) is 41.1 Å². The van der Waals surface area contributed by atoms with Crippen molar-refractivity contribution in [3.05, 3.63) is 113 Å². The lowest BCUT2D eigenvalue weighted by atomic mass is 10.1. The standard InChI is InChI=1S/C41H58O9S2.C8H10O2S/c1-35-19-23-40(24-20-35)51(43,44)49-29-17-13-9-5-3-7-11-15-27-47-38-31-37(34-42)32-39(33-38)48-28-16-12-8-4-6-10-14-18-30-50-52(45,46)41-25-21-36(2)22-26-41;1-7-3-5-8(6-4-7)11(2,9)10/h19-26,31-34H,3-18,27-30H2,1-2H3;3-6H,1-2H3. The summed E-state index contributed by atoms with van der Waals surface area (Å²) in [7, 11) is -10.4. The summed E-state index contributed by atoms with van der Waals surface area (Å²) in [6, 6.07) is 25.5. The highest BCUT2D eigenvalue weighted by molar-refractivity contribution is 7.90. The summed E-state index contributed by atoms with van der Waals surface area (Å²) >= 11 is 0. The first kappa shape index (κ1) is 53.3. The highest BCUT2D eigenvalue weighted by atomic mass is 32.2. The van der Waals surface area contributed by atoms with Crippen LogP contribution in [0.2, 0.25) is 0 Å². The fourth-order valence-corrected chi connectivity index (χ4v) is 8.92. The van der Waals surface area contributed by atoms with Gasteiger partial charge in [0.25, 0.3) is 20.2 Å². The van der Waals surface area contributed by atoms with Crippen LogP contribution >= 0.6 is 0 Å². The van der Waals surface area contributed by atoms with Gasteiger partial charge in [-0.25, -0.2) is 8.42 Å². The number of hydrogen-bond donors (Lipinski definition) is 0. The molecule has 0 bridgehead atoms. The van der Waals surface area contributed by atoms with Crippen molar-refractivity contribution >= 4 is 36.4 Å². The Bertz CT molecular complexity index is 2120. The van der Waals surface area contributed by atoms with Crippen LogP contribution < -0.4 is 9.47 Å². The van der Waals surface area contributed by atoms with Crippen molar-refractivity contribution in [3.63, 3.8) is 0 Å². The first-order chi connectivity index (χ1) is 30.1. The van der Waals surface area contributed by atoms with Crippen LogP contribution in [0, 0.1) is 20.8 Å². The van der Waals surface area contributed by atoms with Crippen molar-refractivity contribution < 1.29 is 47.9 Å². The molecule has 4 aromatic rings. The van der Waals surface area contributed by atoms with Crippen molar-refractivity contribution in [2.75, 3.05) is 32.7 Å². The first-order valence-corrected chi connectivity index (χ1v) is 26.8. The van der Waals surface area contributed by atoms with Gasteiger partial charge < -0.3 is 9.47 Å². The third kappa shape index (κ3) is 22.4. The lowest BCUT2D eigenvalue weighted by Gasteiger charge is -2.11. The molecule has 11 nitrogen and oxygen atoms in total. The van der Waals surface area contributed by atoms with E-state index in [0.29, 0.717) is 35.2 Å². The largest absolute Gasteiger partial charge is 0.493 e. The number of aldehydes is 1. The van der Waals surface area contributed by atoms with Crippen LogP contribution in [0.5, 0.6) is 11.5 Å². The van der Waals surface area contributed by atoms with Crippen LogP contribution in [-0.4, -0.2) is 64.2 Å². The summed E-state index contributed by atoms with van der Waals surface area (Å²) in [4.78, 5) is 12.3. The molecule has 0 radical (unpaired) electrons. The molecule has 0 aliphatic carbocycles. The van der Waals surface area contributed by atoms with E-state index in [4.69, 9.17) is 17.8 Å². The minimum Gasteiger partial charge on any atom is -0.493 e. The summed E-state index contributed by atoms with van der Waals surface area (Å²) in [5, 5.41) is 0. The molecule has 4 aromatic carbocycles. The van der Waals surface area contributed by atoms with Gasteiger partial charge in [0, 0.05) is 17.9 Å². The number of sulfone groups is 1. The summed E-state index contributed by atoms with van der Waals surface area (Å²) < 4.78 is 93.1. The maximum atomic E-state index is 12.2. The number of aryl methyl sites for hydroxylation is 3. The Labute approximate surface area is 378 Å². The van der Waals surface area contributed by atoms with Gasteiger partial charge in [-0.15, -0.1) is 0 Å². The predicted octanol–water partition coefficient (Wildman–Crippen LogP) is 11.3. The van der Waals surface area contributed by atoms with Crippen LogP contribution in [0.3, 0.4) is 0 Å². The number of hydrogen-bond acceptors (Lipinski definition) is 11. The summed E-state index contributed by atoms with van der Waals surface area (Å²) in [5.41, 5.74) is 3.61. The number of benzene rings is 4. The SMILES string of the molecule is Cc1ccc(S(=O)(=O)OCCCCCCCCCCOc2cc(C=O)cc(OCCCCCCCCCCOS(=O)(=O)c3ccc(C)cc3)c2)cc1.Cc1ccc(S(C)(=O)=O)cc1. The molecule has 0 N–H and O–H groups in total. The van der Waals surface area contributed by atoms with Crippen LogP contribution in [0.25, 0.3) is 0 Å². The molecule has 348 valence electrons. The lowest BCUT2D eigenvalue weighted by Crippen LogP contribution is -2.07. The third-order valence-electron chi connectivity index (χ3n) is 10.2. The minimum absolute atomic E-state index is 0.201. The Hall–Kier alpha value is -4.08. The molecule has 0 aliphatic heterocycles. The highest BCUT2D eigenvalue weighted by Crippen LogP contribution is 2.24. The van der Waals surface area contributed by atoms with E-state index < -0.39 is 30.1 Å². The lowest BCUT2D eigenvalue weighted by molar-refractivity contribution is 0.112.